The van der Waals surface area contributed by atoms with Crippen molar-refractivity contribution in [1.82, 2.24) is 10.2 Å². The predicted octanol–water partition coefficient (Wildman–Crippen LogP) is 2.00. The number of nitrogens with zero attached hydrogens (tertiary/aromatic N) is 1. The normalized spacial score (nSPS) is 14.8. The van der Waals surface area contributed by atoms with Gasteiger partial charge in [0.1, 0.15) is 0 Å². The number of piperidine rings is 1. The maximum Gasteiger partial charge on any atom is 0.407 e. The number of hydrogen-bond acceptors (Lipinski definition) is 4. The first-order valence-electron chi connectivity index (χ1n) is 8.09. The first-order valence-corrected chi connectivity index (χ1v) is 8.09. The lowest BCUT2D eigenvalue weighted by molar-refractivity contribution is -0.114. The van der Waals surface area contributed by atoms with Gasteiger partial charge in [0.25, 0.3) is 5.91 Å². The molecule has 1 saturated heterocycles. The van der Waals surface area contributed by atoms with E-state index in [4.69, 9.17) is 4.74 Å². The molecule has 0 saturated carbocycles. The summed E-state index contributed by atoms with van der Waals surface area (Å²) >= 11 is 0. The molecule has 2 N–H and O–H groups in total. The van der Waals surface area contributed by atoms with E-state index in [0.717, 1.165) is 0 Å². The van der Waals surface area contributed by atoms with Gasteiger partial charge in [-0.1, -0.05) is 0 Å². The molecule has 3 amide bonds. The quantitative estimate of drug-likeness (QED) is 0.882. The molecule has 130 valence electrons. The number of carbonyl (C=O) groups excluding carboxylic acids is 3. The SMILES string of the molecule is CCOC(=O)NC1CCN(C(=O)c2ccc(NC(C)=O)cc2)CC1. The van der Waals surface area contributed by atoms with Crippen LogP contribution in [0.2, 0.25) is 0 Å². The summed E-state index contributed by atoms with van der Waals surface area (Å²) in [5.41, 5.74) is 1.25. The second-order valence-electron chi connectivity index (χ2n) is 5.69. The largest absolute Gasteiger partial charge is 0.450 e. The zero-order chi connectivity index (χ0) is 17.5. The molecule has 0 aromatic heterocycles. The fraction of sp³-hybridized carbons (Fsp3) is 0.471. The number of benzene rings is 1. The lowest BCUT2D eigenvalue weighted by atomic mass is 10.0. The first kappa shape index (κ1) is 17.8. The predicted molar refractivity (Wildman–Crippen MR) is 89.8 cm³/mol. The van der Waals surface area contributed by atoms with Crippen molar-refractivity contribution >= 4 is 23.6 Å². The van der Waals surface area contributed by atoms with Crippen molar-refractivity contribution in [1.29, 1.82) is 0 Å². The third-order valence-corrected chi connectivity index (χ3v) is 3.83. The first-order chi connectivity index (χ1) is 11.5. The summed E-state index contributed by atoms with van der Waals surface area (Å²) in [6.07, 6.45) is 0.999. The maximum atomic E-state index is 12.5. The van der Waals surface area contributed by atoms with Crippen LogP contribution < -0.4 is 10.6 Å². The van der Waals surface area contributed by atoms with Crippen LogP contribution in [0, 0.1) is 0 Å². The minimum atomic E-state index is -0.407. The van der Waals surface area contributed by atoms with Crippen LogP contribution in [-0.4, -0.2) is 48.5 Å². The summed E-state index contributed by atoms with van der Waals surface area (Å²) in [6, 6.07) is 6.87. The van der Waals surface area contributed by atoms with Gasteiger partial charge in [0.2, 0.25) is 5.91 Å². The fourth-order valence-electron chi connectivity index (χ4n) is 2.65. The highest BCUT2D eigenvalue weighted by molar-refractivity contribution is 5.95. The number of nitrogens with one attached hydrogen (secondary N) is 2. The van der Waals surface area contributed by atoms with Crippen LogP contribution in [0.5, 0.6) is 0 Å². The van der Waals surface area contributed by atoms with Gasteiger partial charge in [-0.15, -0.1) is 0 Å². The molecule has 7 nitrogen and oxygen atoms in total. The van der Waals surface area contributed by atoms with E-state index >= 15 is 0 Å². The molecule has 0 radical (unpaired) electrons. The second-order valence-corrected chi connectivity index (χ2v) is 5.69. The number of rotatable bonds is 4. The van der Waals surface area contributed by atoms with Gasteiger partial charge in [-0.25, -0.2) is 4.79 Å². The summed E-state index contributed by atoms with van der Waals surface area (Å²) in [5.74, 6) is -0.191. The fourth-order valence-corrected chi connectivity index (χ4v) is 2.65. The summed E-state index contributed by atoms with van der Waals surface area (Å²) in [6.45, 7) is 4.72. The molecule has 24 heavy (non-hydrogen) atoms. The molecule has 0 unspecified atom stereocenters. The Hall–Kier alpha value is -2.57. The molecule has 0 aliphatic carbocycles. The zero-order valence-corrected chi connectivity index (χ0v) is 14.0. The average molecular weight is 333 g/mol. The van der Waals surface area contributed by atoms with Crippen LogP contribution in [-0.2, 0) is 9.53 Å². The van der Waals surface area contributed by atoms with Gasteiger partial charge >= 0.3 is 6.09 Å². The van der Waals surface area contributed by atoms with Gasteiger partial charge < -0.3 is 20.3 Å². The van der Waals surface area contributed by atoms with Crippen molar-refractivity contribution in [3.63, 3.8) is 0 Å². The van der Waals surface area contributed by atoms with E-state index in [0.29, 0.717) is 43.8 Å². The number of carbonyl (C=O) groups is 3. The van der Waals surface area contributed by atoms with Crippen molar-refractivity contribution in [3.8, 4) is 0 Å². The van der Waals surface area contributed by atoms with Gasteiger partial charge in [0.15, 0.2) is 0 Å². The molecule has 1 fully saturated rings. The van der Waals surface area contributed by atoms with Gasteiger partial charge in [-0.3, -0.25) is 9.59 Å². The van der Waals surface area contributed by atoms with Crippen molar-refractivity contribution in [2.45, 2.75) is 32.7 Å². The Kier molecular flexibility index (Phi) is 6.17. The number of ether oxygens (including phenoxy) is 1. The molecule has 1 aliphatic rings. The molecular formula is C17H23N3O4. The molecule has 1 aromatic carbocycles. The van der Waals surface area contributed by atoms with Crippen molar-refractivity contribution in [3.05, 3.63) is 29.8 Å². The number of amides is 3. The molecule has 0 bridgehead atoms. The summed E-state index contributed by atoms with van der Waals surface area (Å²) < 4.78 is 4.87. The minimum Gasteiger partial charge on any atom is -0.450 e. The summed E-state index contributed by atoms with van der Waals surface area (Å²) in [4.78, 5) is 36.7. The van der Waals surface area contributed by atoms with E-state index in [9.17, 15) is 14.4 Å². The van der Waals surface area contributed by atoms with Crippen molar-refractivity contribution in [2.24, 2.45) is 0 Å². The number of hydrogen-bond donors (Lipinski definition) is 2. The Balaban J connectivity index is 1.86. The number of likely N-dealkylation sites (tertiary alicyclic amines) is 1. The minimum absolute atomic E-state index is 0.0373. The molecule has 7 heteroatoms. The number of alkyl carbamates (subject to hydrolysis) is 1. The standard InChI is InChI=1S/C17H23N3O4/c1-3-24-17(23)19-15-8-10-20(11-9-15)16(22)13-4-6-14(7-5-13)18-12(2)21/h4-7,15H,3,8-11H2,1-2H3,(H,18,21)(H,19,23). The van der Waals surface area contributed by atoms with Crippen LogP contribution in [0.15, 0.2) is 24.3 Å². The van der Waals surface area contributed by atoms with Crippen LogP contribution in [0.1, 0.15) is 37.0 Å². The molecular weight excluding hydrogens is 310 g/mol. The van der Waals surface area contributed by atoms with Crippen LogP contribution in [0.4, 0.5) is 10.5 Å². The summed E-state index contributed by atoms with van der Waals surface area (Å²) in [5, 5.41) is 5.47. The Bertz CT molecular complexity index is 592. The highest BCUT2D eigenvalue weighted by Crippen LogP contribution is 2.16. The monoisotopic (exact) mass is 333 g/mol. The Labute approximate surface area is 141 Å². The zero-order valence-electron chi connectivity index (χ0n) is 14.0. The van der Waals surface area contributed by atoms with Gasteiger partial charge in [-0.2, -0.15) is 0 Å². The lowest BCUT2D eigenvalue weighted by Crippen LogP contribution is -2.46. The lowest BCUT2D eigenvalue weighted by Gasteiger charge is -2.32. The second kappa shape index (κ2) is 8.33. The van der Waals surface area contributed by atoms with E-state index in [1.165, 1.54) is 6.92 Å². The number of anilines is 1. The van der Waals surface area contributed by atoms with Crippen molar-refractivity contribution in [2.75, 3.05) is 25.0 Å². The topological polar surface area (TPSA) is 87.7 Å². The summed E-state index contributed by atoms with van der Waals surface area (Å²) in [7, 11) is 0. The van der Waals surface area contributed by atoms with E-state index in [1.807, 2.05) is 0 Å². The van der Waals surface area contributed by atoms with Gasteiger partial charge in [-0.05, 0) is 44.0 Å². The van der Waals surface area contributed by atoms with Crippen molar-refractivity contribution < 1.29 is 19.1 Å². The van der Waals surface area contributed by atoms with Crippen LogP contribution >= 0.6 is 0 Å². The molecule has 1 aromatic rings. The van der Waals surface area contributed by atoms with E-state index in [1.54, 1.807) is 36.1 Å². The molecule has 1 aliphatic heterocycles. The van der Waals surface area contributed by atoms with Crippen LogP contribution in [0.25, 0.3) is 0 Å². The van der Waals surface area contributed by atoms with E-state index in [-0.39, 0.29) is 17.9 Å². The molecule has 2 rings (SSSR count). The Morgan fingerprint density at radius 2 is 1.79 bits per heavy atom. The van der Waals surface area contributed by atoms with E-state index in [2.05, 4.69) is 10.6 Å². The third-order valence-electron chi connectivity index (χ3n) is 3.83. The highest BCUT2D eigenvalue weighted by Gasteiger charge is 2.24. The Morgan fingerprint density at radius 3 is 2.33 bits per heavy atom. The average Bonchev–Trinajstić information content (AvgIpc) is 2.55. The van der Waals surface area contributed by atoms with Gasteiger partial charge in [0.05, 0.1) is 6.61 Å². The van der Waals surface area contributed by atoms with Gasteiger partial charge in [0, 0.05) is 37.3 Å². The van der Waals surface area contributed by atoms with Crippen LogP contribution in [0.3, 0.4) is 0 Å². The molecule has 1 heterocycles. The molecule has 0 spiro atoms. The Morgan fingerprint density at radius 1 is 1.17 bits per heavy atom. The highest BCUT2D eigenvalue weighted by atomic mass is 16.5. The smallest absolute Gasteiger partial charge is 0.407 e. The van der Waals surface area contributed by atoms with E-state index < -0.39 is 6.09 Å². The third kappa shape index (κ3) is 4.97. The molecule has 0 atom stereocenters. The maximum absolute atomic E-state index is 12.5.